The number of aliphatic hydroxyl groups is 1. The topological polar surface area (TPSA) is 43.8 Å². The van der Waals surface area contributed by atoms with Crippen LogP contribution in [0.3, 0.4) is 0 Å². The molecule has 1 atom stereocenters. The third-order valence-electron chi connectivity index (χ3n) is 3.18. The van der Waals surface area contributed by atoms with Gasteiger partial charge in [0.15, 0.2) is 0 Å². The summed E-state index contributed by atoms with van der Waals surface area (Å²) in [7, 11) is 1.96. The minimum atomic E-state index is -0.207. The second kappa shape index (κ2) is 5.65. The van der Waals surface area contributed by atoms with Crippen LogP contribution in [0.1, 0.15) is 20.3 Å². The first kappa shape index (κ1) is 14.2. The molecule has 0 saturated carbocycles. The normalized spacial score (nSPS) is 25.8. The van der Waals surface area contributed by atoms with Crippen LogP contribution in [0.25, 0.3) is 0 Å². The van der Waals surface area contributed by atoms with Gasteiger partial charge in [0.05, 0.1) is 6.04 Å². The number of amides is 1. The van der Waals surface area contributed by atoms with E-state index in [-0.39, 0.29) is 24.0 Å². The van der Waals surface area contributed by atoms with Crippen LogP contribution < -0.4 is 0 Å². The number of hydrogen-bond donors (Lipinski definition) is 1. The second-order valence-electron chi connectivity index (χ2n) is 5.61. The molecule has 0 aromatic rings. The van der Waals surface area contributed by atoms with Crippen LogP contribution in [0.5, 0.6) is 0 Å². The summed E-state index contributed by atoms with van der Waals surface area (Å²) in [5.74, 6) is 0.104. The Balaban J connectivity index is 2.92. The minimum absolute atomic E-state index is 0.0447. The van der Waals surface area contributed by atoms with E-state index in [0.717, 1.165) is 13.1 Å². The average Bonchev–Trinajstić information content (AvgIpc) is 2.29. The molecule has 0 aromatic carbocycles. The first-order chi connectivity index (χ1) is 7.91. The zero-order valence-corrected chi connectivity index (χ0v) is 11.1. The highest BCUT2D eigenvalue weighted by atomic mass is 16.3. The molecule has 1 aliphatic heterocycles. The number of likely N-dealkylation sites (N-methyl/N-ethyl adjacent to an activating group) is 1. The van der Waals surface area contributed by atoms with Gasteiger partial charge in [0.25, 0.3) is 0 Å². The predicted octanol–water partition coefficient (Wildman–Crippen LogP) is 0.724. The molecule has 0 radical (unpaired) electrons. The molecule has 1 aliphatic rings. The molecule has 4 nitrogen and oxygen atoms in total. The maximum atomic E-state index is 12.3. The number of nitrogens with zero attached hydrogens (tertiary/aromatic N) is 2. The van der Waals surface area contributed by atoms with E-state index >= 15 is 0 Å². The fourth-order valence-corrected chi connectivity index (χ4v) is 2.61. The third-order valence-corrected chi connectivity index (χ3v) is 3.18. The first-order valence-corrected chi connectivity index (χ1v) is 6.12. The van der Waals surface area contributed by atoms with Gasteiger partial charge in [0, 0.05) is 26.2 Å². The zero-order valence-electron chi connectivity index (χ0n) is 11.1. The second-order valence-corrected chi connectivity index (χ2v) is 5.61. The van der Waals surface area contributed by atoms with Crippen LogP contribution in [0.2, 0.25) is 0 Å². The summed E-state index contributed by atoms with van der Waals surface area (Å²) in [6.45, 7) is 10.2. The van der Waals surface area contributed by atoms with Crippen LogP contribution in [0.15, 0.2) is 12.7 Å². The molecule has 1 rings (SSSR count). The van der Waals surface area contributed by atoms with Crippen molar-refractivity contribution in [1.82, 2.24) is 9.80 Å². The monoisotopic (exact) mass is 240 g/mol. The van der Waals surface area contributed by atoms with Gasteiger partial charge >= 0.3 is 0 Å². The smallest absolute Gasteiger partial charge is 0.240 e. The highest BCUT2D eigenvalue weighted by Gasteiger charge is 2.36. The van der Waals surface area contributed by atoms with Gasteiger partial charge in [-0.1, -0.05) is 19.9 Å². The average molecular weight is 240 g/mol. The van der Waals surface area contributed by atoms with E-state index in [1.54, 1.807) is 6.08 Å². The van der Waals surface area contributed by atoms with Crippen molar-refractivity contribution < 1.29 is 9.90 Å². The van der Waals surface area contributed by atoms with Gasteiger partial charge in [-0.25, -0.2) is 0 Å². The molecule has 0 aliphatic carbocycles. The van der Waals surface area contributed by atoms with Gasteiger partial charge in [-0.15, -0.1) is 6.58 Å². The summed E-state index contributed by atoms with van der Waals surface area (Å²) in [5, 5.41) is 9.07. The number of carbonyl (C=O) groups excluding carboxylic acids is 1. The van der Waals surface area contributed by atoms with E-state index in [0.29, 0.717) is 13.0 Å². The summed E-state index contributed by atoms with van der Waals surface area (Å²) < 4.78 is 0. The largest absolute Gasteiger partial charge is 0.396 e. The fraction of sp³-hybridized carbons (Fsp3) is 0.769. The summed E-state index contributed by atoms with van der Waals surface area (Å²) in [6.07, 6.45) is 2.26. The zero-order chi connectivity index (χ0) is 13.1. The summed E-state index contributed by atoms with van der Waals surface area (Å²) in [5.41, 5.74) is 0.0671. The molecule has 1 fully saturated rings. The highest BCUT2D eigenvalue weighted by Crippen LogP contribution is 2.25. The fourth-order valence-electron chi connectivity index (χ4n) is 2.61. The van der Waals surface area contributed by atoms with E-state index < -0.39 is 0 Å². The Labute approximate surface area is 104 Å². The standard InChI is InChI=1S/C13H24N2O2/c1-5-7-15-10-13(2,3)9-14(4)11(6-8-16)12(15)17/h5,11,16H,1,6-10H2,2-4H3. The molecular formula is C13H24N2O2. The SMILES string of the molecule is C=CCN1CC(C)(C)CN(C)C(CCO)C1=O. The summed E-state index contributed by atoms with van der Waals surface area (Å²) >= 11 is 0. The molecule has 1 heterocycles. The van der Waals surface area contributed by atoms with Crippen molar-refractivity contribution in [2.75, 3.05) is 33.3 Å². The van der Waals surface area contributed by atoms with Crippen LogP contribution in [-0.4, -0.2) is 60.1 Å². The van der Waals surface area contributed by atoms with Crippen molar-refractivity contribution >= 4 is 5.91 Å². The summed E-state index contributed by atoms with van der Waals surface area (Å²) in [6, 6.07) is -0.207. The van der Waals surface area contributed by atoms with Gasteiger partial charge < -0.3 is 10.0 Å². The predicted molar refractivity (Wildman–Crippen MR) is 68.7 cm³/mol. The lowest BCUT2D eigenvalue weighted by Crippen LogP contribution is -2.44. The molecular weight excluding hydrogens is 216 g/mol. The van der Waals surface area contributed by atoms with Gasteiger partial charge in [0.1, 0.15) is 0 Å². The van der Waals surface area contributed by atoms with Crippen molar-refractivity contribution in [1.29, 1.82) is 0 Å². The van der Waals surface area contributed by atoms with Crippen LogP contribution >= 0.6 is 0 Å². The van der Waals surface area contributed by atoms with Crippen molar-refractivity contribution in [3.8, 4) is 0 Å². The van der Waals surface area contributed by atoms with E-state index in [1.165, 1.54) is 0 Å². The highest BCUT2D eigenvalue weighted by molar-refractivity contribution is 5.82. The Morgan fingerprint density at radius 3 is 2.71 bits per heavy atom. The van der Waals surface area contributed by atoms with Crippen molar-refractivity contribution in [3.05, 3.63) is 12.7 Å². The van der Waals surface area contributed by atoms with Gasteiger partial charge in [-0.3, -0.25) is 9.69 Å². The molecule has 0 bridgehead atoms. The third kappa shape index (κ3) is 3.54. The van der Waals surface area contributed by atoms with Crippen molar-refractivity contribution in [2.45, 2.75) is 26.3 Å². The van der Waals surface area contributed by atoms with Crippen molar-refractivity contribution in [3.63, 3.8) is 0 Å². The van der Waals surface area contributed by atoms with Crippen LogP contribution in [0, 0.1) is 5.41 Å². The Morgan fingerprint density at radius 1 is 1.53 bits per heavy atom. The van der Waals surface area contributed by atoms with Gasteiger partial charge in [-0.2, -0.15) is 0 Å². The maximum Gasteiger partial charge on any atom is 0.240 e. The molecule has 17 heavy (non-hydrogen) atoms. The Morgan fingerprint density at radius 2 is 2.18 bits per heavy atom. The first-order valence-electron chi connectivity index (χ1n) is 6.12. The number of aliphatic hydroxyl groups excluding tert-OH is 1. The van der Waals surface area contributed by atoms with Gasteiger partial charge in [-0.05, 0) is 18.9 Å². The molecule has 1 amide bonds. The van der Waals surface area contributed by atoms with Gasteiger partial charge in [0.2, 0.25) is 5.91 Å². The minimum Gasteiger partial charge on any atom is -0.396 e. The lowest BCUT2D eigenvalue weighted by molar-refractivity contribution is -0.135. The molecule has 1 saturated heterocycles. The van der Waals surface area contributed by atoms with E-state index in [2.05, 4.69) is 25.3 Å². The molecule has 1 unspecified atom stereocenters. The quantitative estimate of drug-likeness (QED) is 0.737. The maximum absolute atomic E-state index is 12.3. The van der Waals surface area contributed by atoms with E-state index in [1.807, 2.05) is 11.9 Å². The number of hydrogen-bond acceptors (Lipinski definition) is 3. The van der Waals surface area contributed by atoms with Crippen LogP contribution in [-0.2, 0) is 4.79 Å². The molecule has 1 N–H and O–H groups in total. The molecule has 0 spiro atoms. The van der Waals surface area contributed by atoms with E-state index in [9.17, 15) is 4.79 Å². The van der Waals surface area contributed by atoms with E-state index in [4.69, 9.17) is 5.11 Å². The number of rotatable bonds is 4. The lowest BCUT2D eigenvalue weighted by atomic mass is 9.92. The molecule has 0 aromatic heterocycles. The molecule has 98 valence electrons. The Hall–Kier alpha value is -0.870. The Bertz CT molecular complexity index is 289. The number of carbonyl (C=O) groups is 1. The summed E-state index contributed by atoms with van der Waals surface area (Å²) in [4.78, 5) is 16.3. The van der Waals surface area contributed by atoms with Crippen molar-refractivity contribution in [2.24, 2.45) is 5.41 Å². The van der Waals surface area contributed by atoms with Crippen LogP contribution in [0.4, 0.5) is 0 Å². The Kier molecular flexibility index (Phi) is 4.71. The molecule has 4 heteroatoms. The lowest BCUT2D eigenvalue weighted by Gasteiger charge is -2.29.